The standard InChI is InChI=1S/C36H48FN5O6/c1-4-30(43)39-33(36(48)42-18-16-41(3)17-19-42)23(2)27-14-15-29(28(37)22-27)38-35(47)34(26-8-6-5-7-9-26)40-31(44)20-24-10-12-25(13-11-24)21-32(45)46/h10-15,22-23,26,33-34H,4-9,16-21H2,1-3H3,(H,38,47)(H,39,43)(H,40,44)(H,45,46)/t23-,33+,34-/m0/s1. The lowest BCUT2D eigenvalue weighted by molar-refractivity contribution is -0.138. The molecule has 4 amide bonds. The number of carbonyl (C=O) groups is 5. The molecule has 1 heterocycles. The van der Waals surface area contributed by atoms with Crippen molar-refractivity contribution in [3.63, 3.8) is 0 Å². The fraction of sp³-hybridized carbons (Fsp3) is 0.528. The van der Waals surface area contributed by atoms with Gasteiger partial charge in [-0.15, -0.1) is 0 Å². The molecule has 1 saturated heterocycles. The number of amides is 4. The molecule has 0 aromatic heterocycles. The van der Waals surface area contributed by atoms with Crippen molar-refractivity contribution in [3.05, 3.63) is 65.0 Å². The van der Waals surface area contributed by atoms with Crippen LogP contribution in [-0.2, 0) is 36.8 Å². The van der Waals surface area contributed by atoms with Crippen LogP contribution in [0.3, 0.4) is 0 Å². The number of halogens is 1. The highest BCUT2D eigenvalue weighted by Crippen LogP contribution is 2.29. The Kier molecular flexibility index (Phi) is 13.1. The molecule has 1 saturated carbocycles. The molecule has 3 atom stereocenters. The number of carbonyl (C=O) groups excluding carboxylic acids is 4. The lowest BCUT2D eigenvalue weighted by Crippen LogP contribution is -2.55. The first-order valence-electron chi connectivity index (χ1n) is 16.9. The molecule has 48 heavy (non-hydrogen) atoms. The van der Waals surface area contributed by atoms with E-state index in [-0.39, 0.29) is 48.6 Å². The van der Waals surface area contributed by atoms with Crippen molar-refractivity contribution < 1.29 is 33.5 Å². The Morgan fingerprint density at radius 1 is 0.875 bits per heavy atom. The highest BCUT2D eigenvalue weighted by Gasteiger charge is 2.34. The minimum atomic E-state index is -0.941. The summed E-state index contributed by atoms with van der Waals surface area (Å²) in [5.41, 5.74) is 1.76. The van der Waals surface area contributed by atoms with Crippen LogP contribution >= 0.6 is 0 Å². The summed E-state index contributed by atoms with van der Waals surface area (Å²) in [6.45, 7) is 6.01. The predicted octanol–water partition coefficient (Wildman–Crippen LogP) is 3.47. The van der Waals surface area contributed by atoms with E-state index in [0.29, 0.717) is 29.8 Å². The monoisotopic (exact) mass is 665 g/mol. The van der Waals surface area contributed by atoms with E-state index in [2.05, 4.69) is 20.9 Å². The normalized spacial score (nSPS) is 17.5. The van der Waals surface area contributed by atoms with Crippen LogP contribution in [0.5, 0.6) is 0 Å². The van der Waals surface area contributed by atoms with Gasteiger partial charge in [-0.1, -0.05) is 63.4 Å². The van der Waals surface area contributed by atoms with Crippen LogP contribution in [0.2, 0.25) is 0 Å². The minimum Gasteiger partial charge on any atom is -0.481 e. The molecule has 260 valence electrons. The molecular formula is C36H48FN5O6. The summed E-state index contributed by atoms with van der Waals surface area (Å²) in [5, 5.41) is 17.4. The van der Waals surface area contributed by atoms with Crippen LogP contribution in [0.25, 0.3) is 0 Å². The molecule has 0 spiro atoms. The van der Waals surface area contributed by atoms with Gasteiger partial charge in [-0.3, -0.25) is 24.0 Å². The molecule has 4 rings (SSSR count). The molecule has 0 radical (unpaired) electrons. The second-order valence-corrected chi connectivity index (χ2v) is 13.1. The summed E-state index contributed by atoms with van der Waals surface area (Å²) in [7, 11) is 1.99. The Morgan fingerprint density at radius 3 is 2.08 bits per heavy atom. The molecule has 4 N–H and O–H groups in total. The first-order chi connectivity index (χ1) is 22.9. The molecular weight excluding hydrogens is 617 g/mol. The van der Waals surface area contributed by atoms with Gasteiger partial charge in [0.15, 0.2) is 0 Å². The van der Waals surface area contributed by atoms with Crippen LogP contribution in [0.4, 0.5) is 10.1 Å². The van der Waals surface area contributed by atoms with Crippen LogP contribution in [0, 0.1) is 11.7 Å². The molecule has 0 bridgehead atoms. The average Bonchev–Trinajstić information content (AvgIpc) is 3.07. The van der Waals surface area contributed by atoms with Gasteiger partial charge < -0.3 is 30.9 Å². The number of piperazine rings is 1. The van der Waals surface area contributed by atoms with Crippen LogP contribution in [0.15, 0.2) is 42.5 Å². The fourth-order valence-electron chi connectivity index (χ4n) is 6.44. The van der Waals surface area contributed by atoms with Crippen molar-refractivity contribution in [2.45, 2.75) is 83.2 Å². The summed E-state index contributed by atoms with van der Waals surface area (Å²) in [4.78, 5) is 67.5. The number of benzene rings is 2. The number of carboxylic acid groups (broad SMARTS) is 1. The number of anilines is 1. The highest BCUT2D eigenvalue weighted by atomic mass is 19.1. The molecule has 1 aliphatic heterocycles. The van der Waals surface area contributed by atoms with Crippen LogP contribution in [-0.4, -0.2) is 89.8 Å². The molecule has 2 fully saturated rings. The number of nitrogens with zero attached hydrogens (tertiary/aromatic N) is 2. The SMILES string of the molecule is CCC(=O)N[C@@H](C(=O)N1CCN(C)CC1)[C@@H](C)c1ccc(NC(=O)[C@@H](NC(=O)Cc2ccc(CC(=O)O)cc2)C2CCCCC2)c(F)c1. The van der Waals surface area contributed by atoms with Gasteiger partial charge in [0.25, 0.3) is 0 Å². The van der Waals surface area contributed by atoms with E-state index < -0.39 is 35.7 Å². The van der Waals surface area contributed by atoms with Gasteiger partial charge in [-0.2, -0.15) is 0 Å². The first kappa shape index (κ1) is 36.5. The molecule has 11 nitrogen and oxygen atoms in total. The van der Waals surface area contributed by atoms with Crippen LogP contribution in [0.1, 0.15) is 75.0 Å². The Morgan fingerprint density at radius 2 is 1.50 bits per heavy atom. The van der Waals surface area contributed by atoms with Crippen molar-refractivity contribution >= 4 is 35.3 Å². The molecule has 1 aliphatic carbocycles. The van der Waals surface area contributed by atoms with Gasteiger partial charge in [0.2, 0.25) is 23.6 Å². The molecule has 2 aliphatic rings. The summed E-state index contributed by atoms with van der Waals surface area (Å²) >= 11 is 0. The lowest BCUT2D eigenvalue weighted by atomic mass is 9.83. The number of rotatable bonds is 13. The van der Waals surface area contributed by atoms with Crippen molar-refractivity contribution in [3.8, 4) is 0 Å². The quantitative estimate of drug-likeness (QED) is 0.256. The Hall–Kier alpha value is -4.32. The number of carboxylic acids is 1. The lowest BCUT2D eigenvalue weighted by Gasteiger charge is -2.36. The largest absolute Gasteiger partial charge is 0.481 e. The van der Waals surface area contributed by atoms with E-state index in [9.17, 15) is 24.0 Å². The summed E-state index contributed by atoms with van der Waals surface area (Å²) in [6.07, 6.45) is 4.52. The number of nitrogens with one attached hydrogen (secondary N) is 3. The second kappa shape index (κ2) is 17.2. The van der Waals surface area contributed by atoms with Gasteiger partial charge in [0, 0.05) is 38.5 Å². The van der Waals surface area contributed by atoms with Gasteiger partial charge in [-0.05, 0) is 54.6 Å². The van der Waals surface area contributed by atoms with E-state index in [1.807, 2.05) is 7.05 Å². The average molecular weight is 666 g/mol. The number of likely N-dealkylation sites (N-methyl/N-ethyl adjacent to an activating group) is 1. The maximum absolute atomic E-state index is 15.6. The highest BCUT2D eigenvalue weighted by molar-refractivity contribution is 5.98. The number of aliphatic carboxylic acids is 1. The molecule has 12 heteroatoms. The Labute approximate surface area is 281 Å². The molecule has 2 aromatic rings. The van der Waals surface area contributed by atoms with E-state index in [4.69, 9.17) is 5.11 Å². The Bertz CT molecular complexity index is 1450. The van der Waals surface area contributed by atoms with Crippen molar-refractivity contribution in [1.29, 1.82) is 0 Å². The maximum Gasteiger partial charge on any atom is 0.307 e. The van der Waals surface area contributed by atoms with E-state index in [1.54, 1.807) is 49.1 Å². The zero-order valence-electron chi connectivity index (χ0n) is 28.1. The fourth-order valence-corrected chi connectivity index (χ4v) is 6.44. The topological polar surface area (TPSA) is 148 Å². The van der Waals surface area contributed by atoms with Gasteiger partial charge >= 0.3 is 5.97 Å². The smallest absolute Gasteiger partial charge is 0.307 e. The third-order valence-electron chi connectivity index (χ3n) is 9.46. The zero-order valence-corrected chi connectivity index (χ0v) is 28.1. The third kappa shape index (κ3) is 10.1. The number of hydrogen-bond donors (Lipinski definition) is 4. The third-order valence-corrected chi connectivity index (χ3v) is 9.46. The second-order valence-electron chi connectivity index (χ2n) is 13.1. The van der Waals surface area contributed by atoms with E-state index >= 15 is 4.39 Å². The summed E-state index contributed by atoms with van der Waals surface area (Å²) in [6, 6.07) is 9.37. The van der Waals surface area contributed by atoms with E-state index in [0.717, 1.165) is 45.2 Å². The minimum absolute atomic E-state index is 0.00732. The van der Waals surface area contributed by atoms with Crippen molar-refractivity contribution in [2.75, 3.05) is 38.5 Å². The number of hydrogen-bond acceptors (Lipinski definition) is 6. The van der Waals surface area contributed by atoms with Gasteiger partial charge in [0.1, 0.15) is 17.9 Å². The van der Waals surface area contributed by atoms with E-state index in [1.165, 1.54) is 12.1 Å². The van der Waals surface area contributed by atoms with Gasteiger partial charge in [0.05, 0.1) is 18.5 Å². The maximum atomic E-state index is 15.6. The van der Waals surface area contributed by atoms with Crippen LogP contribution < -0.4 is 16.0 Å². The summed E-state index contributed by atoms with van der Waals surface area (Å²) < 4.78 is 15.6. The van der Waals surface area contributed by atoms with Crippen molar-refractivity contribution in [1.82, 2.24) is 20.4 Å². The zero-order chi connectivity index (χ0) is 34.8. The Balaban J connectivity index is 1.46. The molecule has 2 aromatic carbocycles. The van der Waals surface area contributed by atoms with Gasteiger partial charge in [-0.25, -0.2) is 4.39 Å². The van der Waals surface area contributed by atoms with Crippen molar-refractivity contribution in [2.24, 2.45) is 5.92 Å². The summed E-state index contributed by atoms with van der Waals surface area (Å²) in [5.74, 6) is -3.63. The molecule has 0 unspecified atom stereocenters. The predicted molar refractivity (Wildman–Crippen MR) is 180 cm³/mol. The first-order valence-corrected chi connectivity index (χ1v) is 16.9.